The van der Waals surface area contributed by atoms with Crippen LogP contribution in [0.3, 0.4) is 0 Å². The van der Waals surface area contributed by atoms with Crippen molar-refractivity contribution in [2.24, 2.45) is 0 Å². The Morgan fingerprint density at radius 3 is 2.76 bits per heavy atom. The summed E-state index contributed by atoms with van der Waals surface area (Å²) in [6.45, 7) is 1.62. The van der Waals surface area contributed by atoms with Gasteiger partial charge in [0.15, 0.2) is 5.13 Å². The van der Waals surface area contributed by atoms with Crippen LogP contribution in [-0.4, -0.2) is 44.8 Å². The smallest absolute Gasteiger partial charge is 0.277 e. The van der Waals surface area contributed by atoms with E-state index in [1.165, 1.54) is 29.9 Å². The Labute approximate surface area is 176 Å². The lowest BCUT2D eigenvalue weighted by molar-refractivity contribution is -0.117. The molecule has 0 atom stereocenters. The molecule has 3 aromatic rings. The van der Waals surface area contributed by atoms with E-state index < -0.39 is 0 Å². The van der Waals surface area contributed by atoms with Crippen molar-refractivity contribution in [3.63, 3.8) is 0 Å². The molecule has 3 heterocycles. The van der Waals surface area contributed by atoms with Gasteiger partial charge in [0.2, 0.25) is 5.91 Å². The number of nitrogens with zero attached hydrogens (tertiary/aromatic N) is 4. The second-order valence-corrected chi connectivity index (χ2v) is 7.97. The van der Waals surface area contributed by atoms with Gasteiger partial charge in [0.05, 0.1) is 18.4 Å². The fourth-order valence-electron chi connectivity index (χ4n) is 2.95. The average Bonchev–Trinajstić information content (AvgIpc) is 3.12. The van der Waals surface area contributed by atoms with E-state index in [9.17, 15) is 9.59 Å². The van der Waals surface area contributed by atoms with E-state index in [-0.39, 0.29) is 24.1 Å². The predicted octanol–water partition coefficient (Wildman–Crippen LogP) is 2.84. The molecule has 2 amide bonds. The first kappa shape index (κ1) is 19.4. The topological polar surface area (TPSA) is 100 Å². The molecule has 4 rings (SSSR count). The summed E-state index contributed by atoms with van der Waals surface area (Å²) >= 11 is 7.28. The molecule has 0 radical (unpaired) electrons. The van der Waals surface area contributed by atoms with Crippen molar-refractivity contribution >= 4 is 45.6 Å². The third kappa shape index (κ3) is 4.94. The fraction of sp³-hybridized carbons (Fsp3) is 0.211. The van der Waals surface area contributed by atoms with Crippen LogP contribution in [0.15, 0.2) is 42.9 Å². The van der Waals surface area contributed by atoms with Crippen molar-refractivity contribution in [1.82, 2.24) is 19.9 Å². The van der Waals surface area contributed by atoms with Gasteiger partial charge in [-0.25, -0.2) is 9.97 Å². The van der Waals surface area contributed by atoms with E-state index in [0.29, 0.717) is 22.4 Å². The molecule has 2 aromatic heterocycles. The number of thiazole rings is 1. The quantitative estimate of drug-likeness (QED) is 0.648. The van der Waals surface area contributed by atoms with Crippen LogP contribution in [0, 0.1) is 0 Å². The zero-order chi connectivity index (χ0) is 20.2. The molecule has 2 N–H and O–H groups in total. The highest BCUT2D eigenvalue weighted by Gasteiger charge is 2.23. The van der Waals surface area contributed by atoms with E-state index >= 15 is 0 Å². The molecule has 0 bridgehead atoms. The number of anilines is 2. The van der Waals surface area contributed by atoms with Crippen LogP contribution in [0.2, 0.25) is 5.02 Å². The van der Waals surface area contributed by atoms with Crippen molar-refractivity contribution < 1.29 is 9.59 Å². The number of rotatable bonds is 5. The number of amides is 2. The van der Waals surface area contributed by atoms with Gasteiger partial charge in [0.1, 0.15) is 5.69 Å². The van der Waals surface area contributed by atoms with Gasteiger partial charge in [0, 0.05) is 47.5 Å². The molecule has 0 saturated carbocycles. The van der Waals surface area contributed by atoms with Gasteiger partial charge in [-0.15, -0.1) is 11.3 Å². The zero-order valence-corrected chi connectivity index (χ0v) is 16.8. The monoisotopic (exact) mass is 428 g/mol. The predicted molar refractivity (Wildman–Crippen MR) is 111 cm³/mol. The van der Waals surface area contributed by atoms with Crippen molar-refractivity contribution in [2.75, 3.05) is 23.7 Å². The van der Waals surface area contributed by atoms with Gasteiger partial charge in [-0.1, -0.05) is 11.6 Å². The third-order valence-corrected chi connectivity index (χ3v) is 5.57. The first-order chi connectivity index (χ1) is 14.1. The maximum atomic E-state index is 12.3. The van der Waals surface area contributed by atoms with Gasteiger partial charge in [-0.2, -0.15) is 0 Å². The normalized spacial score (nSPS) is 13.6. The lowest BCUT2D eigenvalue weighted by atomic mass is 10.2. The maximum absolute atomic E-state index is 12.3. The Morgan fingerprint density at radius 2 is 2.00 bits per heavy atom. The highest BCUT2D eigenvalue weighted by atomic mass is 35.5. The van der Waals surface area contributed by atoms with Crippen LogP contribution >= 0.6 is 22.9 Å². The molecule has 29 heavy (non-hydrogen) atoms. The van der Waals surface area contributed by atoms with Crippen LogP contribution < -0.4 is 10.6 Å². The standard InChI is InChI=1S/C19H17ClN6O2S/c20-12-1-3-13(4-2-12)23-17(27)11-26-8-5-14-16(10-26)29-19(24-14)25-18(28)15-9-21-6-7-22-15/h1-4,6-7,9H,5,8,10-11H2,(H,23,27)(H,24,25,28). The summed E-state index contributed by atoms with van der Waals surface area (Å²) in [4.78, 5) is 40.0. The summed E-state index contributed by atoms with van der Waals surface area (Å²) in [5.41, 5.74) is 1.91. The number of benzene rings is 1. The Hall–Kier alpha value is -2.88. The van der Waals surface area contributed by atoms with Crippen LogP contribution in [-0.2, 0) is 17.8 Å². The Bertz CT molecular complexity index is 1020. The molecule has 0 saturated heterocycles. The molecule has 10 heteroatoms. The van der Waals surface area contributed by atoms with Gasteiger partial charge in [-0.05, 0) is 24.3 Å². The lowest BCUT2D eigenvalue weighted by Gasteiger charge is -2.25. The number of hydrogen-bond donors (Lipinski definition) is 2. The highest BCUT2D eigenvalue weighted by molar-refractivity contribution is 7.15. The number of nitrogens with one attached hydrogen (secondary N) is 2. The largest absolute Gasteiger partial charge is 0.325 e. The van der Waals surface area contributed by atoms with Gasteiger partial charge >= 0.3 is 0 Å². The number of aromatic nitrogens is 3. The summed E-state index contributed by atoms with van der Waals surface area (Å²) in [7, 11) is 0. The number of fused-ring (bicyclic) bond motifs is 1. The Balaban J connectivity index is 1.34. The molecule has 0 aliphatic carbocycles. The minimum absolute atomic E-state index is 0.0866. The number of carbonyl (C=O) groups excluding carboxylic acids is 2. The second-order valence-electron chi connectivity index (χ2n) is 6.45. The summed E-state index contributed by atoms with van der Waals surface area (Å²) in [6.07, 6.45) is 5.11. The van der Waals surface area contributed by atoms with Crippen LogP contribution in [0.5, 0.6) is 0 Å². The summed E-state index contributed by atoms with van der Waals surface area (Å²) < 4.78 is 0. The maximum Gasteiger partial charge on any atom is 0.277 e. The minimum atomic E-state index is -0.344. The molecule has 1 aromatic carbocycles. The van der Waals surface area contributed by atoms with E-state index in [1.54, 1.807) is 24.3 Å². The van der Waals surface area contributed by atoms with E-state index in [2.05, 4.69) is 30.5 Å². The van der Waals surface area contributed by atoms with E-state index in [1.807, 2.05) is 0 Å². The molecule has 8 nitrogen and oxygen atoms in total. The number of halogens is 1. The average molecular weight is 429 g/mol. The number of carbonyl (C=O) groups is 2. The van der Waals surface area contributed by atoms with Gasteiger partial charge in [-0.3, -0.25) is 24.8 Å². The molecule has 1 aliphatic heterocycles. The zero-order valence-electron chi connectivity index (χ0n) is 15.3. The van der Waals surface area contributed by atoms with Gasteiger partial charge < -0.3 is 5.32 Å². The van der Waals surface area contributed by atoms with Crippen LogP contribution in [0.4, 0.5) is 10.8 Å². The van der Waals surface area contributed by atoms with E-state index in [4.69, 9.17) is 11.6 Å². The van der Waals surface area contributed by atoms with Crippen LogP contribution in [0.1, 0.15) is 21.1 Å². The van der Waals surface area contributed by atoms with Crippen molar-refractivity contribution in [3.8, 4) is 0 Å². The Kier molecular flexibility index (Phi) is 5.79. The Morgan fingerprint density at radius 1 is 1.17 bits per heavy atom. The molecule has 1 aliphatic rings. The molecule has 0 spiro atoms. The summed E-state index contributed by atoms with van der Waals surface area (Å²) in [5.74, 6) is -0.431. The van der Waals surface area contributed by atoms with Crippen molar-refractivity contribution in [2.45, 2.75) is 13.0 Å². The molecule has 0 unspecified atom stereocenters. The fourth-order valence-corrected chi connectivity index (χ4v) is 4.12. The second kappa shape index (κ2) is 8.64. The highest BCUT2D eigenvalue weighted by Crippen LogP contribution is 2.28. The summed E-state index contributed by atoms with van der Waals surface area (Å²) in [5, 5.41) is 6.78. The van der Waals surface area contributed by atoms with Gasteiger partial charge in [0.25, 0.3) is 5.91 Å². The first-order valence-corrected chi connectivity index (χ1v) is 10.1. The minimum Gasteiger partial charge on any atom is -0.325 e. The summed E-state index contributed by atoms with van der Waals surface area (Å²) in [6, 6.07) is 7.00. The van der Waals surface area contributed by atoms with E-state index in [0.717, 1.165) is 23.5 Å². The molecule has 148 valence electrons. The van der Waals surface area contributed by atoms with Crippen molar-refractivity contribution in [3.05, 3.63) is 64.1 Å². The third-order valence-electron chi connectivity index (χ3n) is 4.32. The van der Waals surface area contributed by atoms with Crippen LogP contribution in [0.25, 0.3) is 0 Å². The molecular formula is C19H17ClN6O2S. The lowest BCUT2D eigenvalue weighted by Crippen LogP contribution is -2.36. The molecule has 0 fully saturated rings. The molecular weight excluding hydrogens is 412 g/mol. The first-order valence-electron chi connectivity index (χ1n) is 8.90. The number of hydrogen-bond acceptors (Lipinski definition) is 7. The SMILES string of the molecule is O=C(CN1CCc2nc(NC(=O)c3cnccn3)sc2C1)Nc1ccc(Cl)cc1. The van der Waals surface area contributed by atoms with Crippen molar-refractivity contribution in [1.29, 1.82) is 0 Å².